The van der Waals surface area contributed by atoms with E-state index in [4.69, 9.17) is 11.6 Å². The van der Waals surface area contributed by atoms with Crippen LogP contribution in [0.4, 0.5) is 11.4 Å². The molecule has 1 aliphatic heterocycles. The Morgan fingerprint density at radius 1 is 1.21 bits per heavy atom. The van der Waals surface area contributed by atoms with Crippen molar-refractivity contribution in [1.29, 1.82) is 0 Å². The van der Waals surface area contributed by atoms with E-state index in [0.717, 1.165) is 5.69 Å². The summed E-state index contributed by atoms with van der Waals surface area (Å²) in [7, 11) is 0. The molecule has 0 N–H and O–H groups in total. The van der Waals surface area contributed by atoms with Crippen LogP contribution in [0.2, 0.25) is 5.02 Å². The summed E-state index contributed by atoms with van der Waals surface area (Å²) in [5.41, 5.74) is 1.15. The van der Waals surface area contributed by atoms with E-state index < -0.39 is 4.92 Å². The molecule has 24 heavy (non-hydrogen) atoms. The van der Waals surface area contributed by atoms with Crippen LogP contribution in [0.3, 0.4) is 0 Å². The molecule has 8 heteroatoms. The number of aromatic nitrogens is 1. The molecule has 7 nitrogen and oxygen atoms in total. The zero-order valence-electron chi connectivity index (χ0n) is 12.8. The van der Waals surface area contributed by atoms with Gasteiger partial charge >= 0.3 is 0 Å². The standard InChI is InChI=1S/C16H15ClN4O3/c17-14-11-18-5-4-15(14)19-6-8-20(9-7-19)16(22)12-2-1-3-13(10-12)21(23)24/h1-5,10-11H,6-9H2. The second-order valence-electron chi connectivity index (χ2n) is 5.41. The average Bonchev–Trinajstić information content (AvgIpc) is 2.62. The maximum Gasteiger partial charge on any atom is 0.270 e. The van der Waals surface area contributed by atoms with Crippen LogP contribution in [0.5, 0.6) is 0 Å². The van der Waals surface area contributed by atoms with Gasteiger partial charge < -0.3 is 9.80 Å². The van der Waals surface area contributed by atoms with Crippen molar-refractivity contribution in [2.24, 2.45) is 0 Å². The molecule has 0 aliphatic carbocycles. The maximum atomic E-state index is 12.5. The number of nitro groups is 1. The molecule has 0 saturated carbocycles. The fourth-order valence-corrected chi connectivity index (χ4v) is 2.95. The van der Waals surface area contributed by atoms with Crippen LogP contribution in [0, 0.1) is 10.1 Å². The molecule has 0 atom stereocenters. The van der Waals surface area contributed by atoms with E-state index in [9.17, 15) is 14.9 Å². The third kappa shape index (κ3) is 3.30. The maximum absolute atomic E-state index is 12.5. The fourth-order valence-electron chi connectivity index (χ4n) is 2.71. The fraction of sp³-hybridized carbons (Fsp3) is 0.250. The van der Waals surface area contributed by atoms with E-state index in [1.54, 1.807) is 23.4 Å². The first-order valence-electron chi connectivity index (χ1n) is 7.44. The van der Waals surface area contributed by atoms with Gasteiger partial charge in [0.25, 0.3) is 11.6 Å². The summed E-state index contributed by atoms with van der Waals surface area (Å²) in [6.07, 6.45) is 3.28. The molecular weight excluding hydrogens is 332 g/mol. The minimum Gasteiger partial charge on any atom is -0.367 e. The number of carbonyl (C=O) groups is 1. The molecule has 124 valence electrons. The largest absolute Gasteiger partial charge is 0.367 e. The number of rotatable bonds is 3. The van der Waals surface area contributed by atoms with Gasteiger partial charge in [-0.3, -0.25) is 19.9 Å². The zero-order chi connectivity index (χ0) is 17.1. The number of hydrogen-bond acceptors (Lipinski definition) is 5. The number of non-ortho nitro benzene ring substituents is 1. The molecule has 1 aromatic carbocycles. The normalized spacial score (nSPS) is 14.5. The lowest BCUT2D eigenvalue weighted by Gasteiger charge is -2.36. The number of carbonyl (C=O) groups excluding carboxylic acids is 1. The van der Waals surface area contributed by atoms with Crippen LogP contribution in [0.15, 0.2) is 42.7 Å². The number of nitro benzene ring substituents is 1. The SMILES string of the molecule is O=C(c1cccc([N+](=O)[O-])c1)N1CCN(c2ccncc2Cl)CC1. The van der Waals surface area contributed by atoms with Crippen molar-refractivity contribution >= 4 is 28.9 Å². The summed E-state index contributed by atoms with van der Waals surface area (Å²) < 4.78 is 0. The van der Waals surface area contributed by atoms with Crippen molar-refractivity contribution in [3.63, 3.8) is 0 Å². The number of hydrogen-bond donors (Lipinski definition) is 0. The number of anilines is 1. The van der Waals surface area contributed by atoms with Crippen molar-refractivity contribution in [2.75, 3.05) is 31.1 Å². The molecule has 0 unspecified atom stereocenters. The molecule has 0 bridgehead atoms. The first kappa shape index (κ1) is 16.2. The predicted molar refractivity (Wildman–Crippen MR) is 90.5 cm³/mol. The Balaban J connectivity index is 1.68. The third-order valence-corrected chi connectivity index (χ3v) is 4.25. The molecule has 1 amide bonds. The number of pyridine rings is 1. The summed E-state index contributed by atoms with van der Waals surface area (Å²) >= 11 is 6.15. The van der Waals surface area contributed by atoms with Crippen LogP contribution < -0.4 is 4.90 Å². The van der Waals surface area contributed by atoms with Gasteiger partial charge in [-0.2, -0.15) is 0 Å². The smallest absolute Gasteiger partial charge is 0.270 e. The Labute approximate surface area is 143 Å². The summed E-state index contributed by atoms with van der Waals surface area (Å²) in [6.45, 7) is 2.34. The quantitative estimate of drug-likeness (QED) is 0.630. The van der Waals surface area contributed by atoms with Crippen LogP contribution >= 0.6 is 11.6 Å². The second-order valence-corrected chi connectivity index (χ2v) is 5.82. The molecule has 3 rings (SSSR count). The van der Waals surface area contributed by atoms with Crippen LogP contribution in [0.1, 0.15) is 10.4 Å². The number of halogens is 1. The molecule has 0 spiro atoms. The van der Waals surface area contributed by atoms with Gasteiger partial charge in [-0.25, -0.2) is 0 Å². The van der Waals surface area contributed by atoms with E-state index in [1.165, 1.54) is 18.2 Å². The third-order valence-electron chi connectivity index (χ3n) is 3.96. The molecular formula is C16H15ClN4O3. The van der Waals surface area contributed by atoms with Crippen LogP contribution in [-0.4, -0.2) is 46.9 Å². The molecule has 1 aromatic heterocycles. The highest BCUT2D eigenvalue weighted by Crippen LogP contribution is 2.25. The van der Waals surface area contributed by atoms with E-state index in [0.29, 0.717) is 36.8 Å². The topological polar surface area (TPSA) is 79.6 Å². The van der Waals surface area contributed by atoms with Gasteiger partial charge in [0, 0.05) is 56.3 Å². The second kappa shape index (κ2) is 6.84. The van der Waals surface area contributed by atoms with Gasteiger partial charge in [0.05, 0.1) is 15.6 Å². The van der Waals surface area contributed by atoms with Gasteiger partial charge in [0.2, 0.25) is 0 Å². The Kier molecular flexibility index (Phi) is 4.61. The van der Waals surface area contributed by atoms with Crippen LogP contribution in [0.25, 0.3) is 0 Å². The van der Waals surface area contributed by atoms with Crippen molar-refractivity contribution in [2.45, 2.75) is 0 Å². The molecule has 1 aliphatic rings. The highest BCUT2D eigenvalue weighted by Gasteiger charge is 2.24. The Morgan fingerprint density at radius 3 is 2.62 bits per heavy atom. The van der Waals surface area contributed by atoms with Crippen molar-refractivity contribution in [3.05, 3.63) is 63.4 Å². The highest BCUT2D eigenvalue weighted by molar-refractivity contribution is 6.33. The van der Waals surface area contributed by atoms with Gasteiger partial charge in [-0.15, -0.1) is 0 Å². The van der Waals surface area contributed by atoms with Gasteiger partial charge in [-0.05, 0) is 12.1 Å². The minimum absolute atomic E-state index is 0.0805. The molecule has 2 heterocycles. The van der Waals surface area contributed by atoms with Crippen LogP contribution in [-0.2, 0) is 0 Å². The molecule has 1 fully saturated rings. The summed E-state index contributed by atoms with van der Waals surface area (Å²) in [5, 5.41) is 11.4. The lowest BCUT2D eigenvalue weighted by atomic mass is 10.1. The van der Waals surface area contributed by atoms with Crippen molar-refractivity contribution in [1.82, 2.24) is 9.88 Å². The summed E-state index contributed by atoms with van der Waals surface area (Å²) in [6, 6.07) is 7.66. The summed E-state index contributed by atoms with van der Waals surface area (Å²) in [5.74, 6) is -0.195. The monoisotopic (exact) mass is 346 g/mol. The highest BCUT2D eigenvalue weighted by atomic mass is 35.5. The van der Waals surface area contributed by atoms with Crippen molar-refractivity contribution < 1.29 is 9.72 Å². The number of nitrogens with zero attached hydrogens (tertiary/aromatic N) is 4. The lowest BCUT2D eigenvalue weighted by molar-refractivity contribution is -0.384. The van der Waals surface area contributed by atoms with Gasteiger partial charge in [-0.1, -0.05) is 17.7 Å². The molecule has 1 saturated heterocycles. The van der Waals surface area contributed by atoms with Gasteiger partial charge in [0.1, 0.15) is 0 Å². The zero-order valence-corrected chi connectivity index (χ0v) is 13.5. The number of benzene rings is 1. The first-order valence-corrected chi connectivity index (χ1v) is 7.82. The lowest BCUT2D eigenvalue weighted by Crippen LogP contribution is -2.48. The summed E-state index contributed by atoms with van der Waals surface area (Å²) in [4.78, 5) is 30.6. The Hall–Kier alpha value is -2.67. The van der Waals surface area contributed by atoms with Gasteiger partial charge in [0.15, 0.2) is 0 Å². The Bertz CT molecular complexity index is 775. The van der Waals surface area contributed by atoms with Crippen molar-refractivity contribution in [3.8, 4) is 0 Å². The van der Waals surface area contributed by atoms with E-state index >= 15 is 0 Å². The van der Waals surface area contributed by atoms with E-state index in [-0.39, 0.29) is 11.6 Å². The van der Waals surface area contributed by atoms with E-state index in [2.05, 4.69) is 9.88 Å². The predicted octanol–water partition coefficient (Wildman–Crippen LogP) is 2.61. The number of piperazine rings is 1. The van der Waals surface area contributed by atoms with E-state index in [1.807, 2.05) is 6.07 Å². The first-order chi connectivity index (χ1) is 11.6. The number of amides is 1. The molecule has 2 aromatic rings. The average molecular weight is 347 g/mol. The Morgan fingerprint density at radius 2 is 1.96 bits per heavy atom. The molecule has 0 radical (unpaired) electrons. The minimum atomic E-state index is -0.500.